The van der Waals surface area contributed by atoms with Crippen molar-refractivity contribution in [2.24, 2.45) is 0 Å². The van der Waals surface area contributed by atoms with Crippen molar-refractivity contribution >= 4 is 54.7 Å². The number of rotatable bonds is 2. The molecule has 0 saturated carbocycles. The Morgan fingerprint density at radius 3 is 2.50 bits per heavy atom. The van der Waals surface area contributed by atoms with Gasteiger partial charge in [-0.3, -0.25) is 4.79 Å². The van der Waals surface area contributed by atoms with E-state index in [4.69, 9.17) is 0 Å². The third-order valence-corrected chi connectivity index (χ3v) is 4.52. The molecular weight excluding hydrogens is 444 g/mol. The van der Waals surface area contributed by atoms with Gasteiger partial charge in [0, 0.05) is 11.6 Å². The first-order valence-corrected chi connectivity index (χ1v) is 8.26. The second-order valence-corrected chi connectivity index (χ2v) is 6.65. The number of phenols is 2. The van der Waals surface area contributed by atoms with E-state index >= 15 is 0 Å². The fourth-order valence-corrected chi connectivity index (χ4v) is 3.32. The number of aliphatic hydroxyl groups is 1. The molecule has 1 aromatic heterocycles. The molecule has 0 radical (unpaired) electrons. The van der Waals surface area contributed by atoms with E-state index in [1.54, 1.807) is 12.1 Å². The van der Waals surface area contributed by atoms with Gasteiger partial charge in [-0.05, 0) is 56.1 Å². The van der Waals surface area contributed by atoms with Crippen molar-refractivity contribution < 1.29 is 15.3 Å². The molecule has 3 aromatic rings. The van der Waals surface area contributed by atoms with Crippen molar-refractivity contribution in [3.05, 3.63) is 60.9 Å². The van der Waals surface area contributed by atoms with E-state index in [9.17, 15) is 20.1 Å². The highest BCUT2D eigenvalue weighted by Gasteiger charge is 2.11. The van der Waals surface area contributed by atoms with Crippen LogP contribution in [0.3, 0.4) is 0 Å². The van der Waals surface area contributed by atoms with Gasteiger partial charge >= 0.3 is 0 Å². The molecule has 0 aliphatic carbocycles. The summed E-state index contributed by atoms with van der Waals surface area (Å²) in [7, 11) is 0. The van der Waals surface area contributed by atoms with Crippen molar-refractivity contribution in [1.82, 2.24) is 9.97 Å². The number of benzene rings is 2. The van der Waals surface area contributed by atoms with Crippen LogP contribution < -0.4 is 5.56 Å². The highest BCUT2D eigenvalue weighted by atomic mass is 79.9. The molecule has 0 spiro atoms. The van der Waals surface area contributed by atoms with Crippen molar-refractivity contribution in [1.29, 1.82) is 0 Å². The Labute approximate surface area is 152 Å². The molecule has 24 heavy (non-hydrogen) atoms. The lowest BCUT2D eigenvalue weighted by Crippen LogP contribution is -2.12. The number of aliphatic hydroxyl groups excluding tert-OH is 1. The maximum atomic E-state index is 12.1. The zero-order chi connectivity index (χ0) is 17.4. The zero-order valence-corrected chi connectivity index (χ0v) is 15.1. The molecule has 4 N–H and O–H groups in total. The van der Waals surface area contributed by atoms with Crippen LogP contribution in [0.25, 0.3) is 22.9 Å². The molecule has 8 heteroatoms. The third-order valence-electron chi connectivity index (χ3n) is 3.31. The predicted octanol–water partition coefficient (Wildman–Crippen LogP) is 3.92. The molecule has 122 valence electrons. The Balaban J connectivity index is 2.14. The fourth-order valence-electron chi connectivity index (χ4n) is 2.13. The van der Waals surface area contributed by atoms with Crippen molar-refractivity contribution in [2.75, 3.05) is 0 Å². The molecular formula is C16H10Br2N2O4. The van der Waals surface area contributed by atoms with Crippen molar-refractivity contribution in [3.8, 4) is 11.5 Å². The molecule has 3 rings (SSSR count). The summed E-state index contributed by atoms with van der Waals surface area (Å²) in [6, 6.07) is 7.66. The first-order valence-electron chi connectivity index (χ1n) is 6.68. The molecule has 2 aromatic carbocycles. The van der Waals surface area contributed by atoms with Crippen LogP contribution in [0.15, 0.2) is 44.1 Å². The Kier molecular flexibility index (Phi) is 4.33. The number of aromatic nitrogens is 2. The lowest BCUT2D eigenvalue weighted by atomic mass is 10.1. The van der Waals surface area contributed by atoms with Gasteiger partial charge in [-0.1, -0.05) is 6.07 Å². The van der Waals surface area contributed by atoms with Gasteiger partial charge in [-0.2, -0.15) is 0 Å². The second-order valence-electron chi connectivity index (χ2n) is 4.94. The fraction of sp³-hybridized carbons (Fsp3) is 0. The van der Waals surface area contributed by atoms with E-state index in [1.807, 2.05) is 0 Å². The van der Waals surface area contributed by atoms with Gasteiger partial charge in [-0.15, -0.1) is 0 Å². The van der Waals surface area contributed by atoms with E-state index in [-0.39, 0.29) is 28.5 Å². The first kappa shape index (κ1) is 16.5. The monoisotopic (exact) mass is 452 g/mol. The SMILES string of the molecule is O=c1[nH]c2cccc(O)c2nc1/C=C(\O)c1cc(Br)c(O)c(Br)c1. The summed E-state index contributed by atoms with van der Waals surface area (Å²) in [6.45, 7) is 0. The summed E-state index contributed by atoms with van der Waals surface area (Å²) in [5.41, 5.74) is 0.430. The van der Waals surface area contributed by atoms with Gasteiger partial charge in [0.2, 0.25) is 0 Å². The molecule has 0 unspecified atom stereocenters. The van der Waals surface area contributed by atoms with E-state index in [0.29, 0.717) is 20.0 Å². The normalized spacial score (nSPS) is 11.8. The molecule has 0 amide bonds. The molecule has 0 aliphatic heterocycles. The smallest absolute Gasteiger partial charge is 0.274 e. The van der Waals surface area contributed by atoms with Gasteiger partial charge in [0.1, 0.15) is 28.5 Å². The van der Waals surface area contributed by atoms with E-state index in [0.717, 1.165) is 0 Å². The Morgan fingerprint density at radius 2 is 1.83 bits per heavy atom. The number of phenolic OH excluding ortho intramolecular Hbond substituents is 2. The van der Waals surface area contributed by atoms with Crippen LogP contribution in [0.5, 0.6) is 11.5 Å². The van der Waals surface area contributed by atoms with Gasteiger partial charge in [0.25, 0.3) is 5.56 Å². The topological polar surface area (TPSA) is 106 Å². The summed E-state index contributed by atoms with van der Waals surface area (Å²) < 4.78 is 0.759. The number of nitrogens with one attached hydrogen (secondary N) is 1. The largest absolute Gasteiger partial charge is 0.507 e. The summed E-state index contributed by atoms with van der Waals surface area (Å²) in [5.74, 6) is -0.296. The summed E-state index contributed by atoms with van der Waals surface area (Å²) in [4.78, 5) is 18.8. The van der Waals surface area contributed by atoms with E-state index in [1.165, 1.54) is 24.3 Å². The van der Waals surface area contributed by atoms with Crippen molar-refractivity contribution in [3.63, 3.8) is 0 Å². The predicted molar refractivity (Wildman–Crippen MR) is 98.0 cm³/mol. The summed E-state index contributed by atoms with van der Waals surface area (Å²) in [6.07, 6.45) is 1.19. The Bertz CT molecular complexity index is 1020. The van der Waals surface area contributed by atoms with Gasteiger partial charge in [0.15, 0.2) is 0 Å². The Morgan fingerprint density at radius 1 is 1.17 bits per heavy atom. The second kappa shape index (κ2) is 6.29. The number of para-hydroxylation sites is 1. The van der Waals surface area contributed by atoms with Crippen LogP contribution in [0.1, 0.15) is 11.3 Å². The number of halogens is 2. The number of H-pyrrole nitrogens is 1. The molecule has 0 fully saturated rings. The van der Waals surface area contributed by atoms with Gasteiger partial charge in [-0.25, -0.2) is 4.98 Å². The average Bonchev–Trinajstić information content (AvgIpc) is 2.53. The van der Waals surface area contributed by atoms with Gasteiger partial charge < -0.3 is 20.3 Å². The van der Waals surface area contributed by atoms with E-state index in [2.05, 4.69) is 41.8 Å². The Hall–Kier alpha value is -2.32. The summed E-state index contributed by atoms with van der Waals surface area (Å²) >= 11 is 6.34. The highest BCUT2D eigenvalue weighted by molar-refractivity contribution is 9.11. The molecule has 1 heterocycles. The molecule has 0 saturated heterocycles. The molecule has 0 atom stereocenters. The molecule has 6 nitrogen and oxygen atoms in total. The molecule has 0 bridgehead atoms. The van der Waals surface area contributed by atoms with E-state index < -0.39 is 5.56 Å². The standard InChI is InChI=1S/C16H10Br2N2O4/c17-8-4-7(5-9(18)15(8)23)13(22)6-11-16(24)20-10-2-1-3-12(21)14(10)19-11/h1-6,21-23H,(H,20,24)/b13-6-. The van der Waals surface area contributed by atoms with Crippen LogP contribution in [-0.2, 0) is 0 Å². The molecule has 0 aliphatic rings. The zero-order valence-electron chi connectivity index (χ0n) is 11.9. The highest BCUT2D eigenvalue weighted by Crippen LogP contribution is 2.35. The number of aromatic hydroxyl groups is 2. The lowest BCUT2D eigenvalue weighted by Gasteiger charge is -2.06. The van der Waals surface area contributed by atoms with Crippen LogP contribution in [0.4, 0.5) is 0 Å². The lowest BCUT2D eigenvalue weighted by molar-refractivity contribution is 0.468. The number of nitrogens with zero attached hydrogens (tertiary/aromatic N) is 1. The van der Waals surface area contributed by atoms with Crippen LogP contribution in [-0.4, -0.2) is 25.3 Å². The maximum absolute atomic E-state index is 12.1. The minimum absolute atomic E-state index is 0.00171. The van der Waals surface area contributed by atoms with Crippen LogP contribution >= 0.6 is 31.9 Å². The average molecular weight is 454 g/mol. The van der Waals surface area contributed by atoms with Crippen molar-refractivity contribution in [2.45, 2.75) is 0 Å². The first-order chi connectivity index (χ1) is 11.4. The number of hydrogen-bond acceptors (Lipinski definition) is 5. The summed E-state index contributed by atoms with van der Waals surface area (Å²) in [5, 5.41) is 29.8. The quantitative estimate of drug-likeness (QED) is 0.440. The van der Waals surface area contributed by atoms with Crippen LogP contribution in [0.2, 0.25) is 0 Å². The minimum Gasteiger partial charge on any atom is -0.507 e. The number of fused-ring (bicyclic) bond motifs is 1. The minimum atomic E-state index is -0.503. The van der Waals surface area contributed by atoms with Gasteiger partial charge in [0.05, 0.1) is 14.5 Å². The third kappa shape index (κ3) is 3.02. The number of hydrogen-bond donors (Lipinski definition) is 4. The number of aromatic amines is 1. The van der Waals surface area contributed by atoms with Crippen LogP contribution in [0, 0.1) is 0 Å². The maximum Gasteiger partial charge on any atom is 0.274 e.